The van der Waals surface area contributed by atoms with Crippen molar-refractivity contribution in [1.82, 2.24) is 10.6 Å². The number of anilines is 1. The van der Waals surface area contributed by atoms with E-state index in [1.165, 1.54) is 6.07 Å². The number of nitrogens with zero attached hydrogens (tertiary/aromatic N) is 1. The fourth-order valence-electron chi connectivity index (χ4n) is 3.51. The lowest BCUT2D eigenvalue weighted by atomic mass is 10.1. The van der Waals surface area contributed by atoms with Crippen molar-refractivity contribution in [2.45, 2.75) is 38.1 Å². The lowest BCUT2D eigenvalue weighted by Crippen LogP contribution is -2.55. The van der Waals surface area contributed by atoms with Crippen molar-refractivity contribution in [2.24, 2.45) is 0 Å². The van der Waals surface area contributed by atoms with E-state index in [1.807, 2.05) is 31.2 Å². The van der Waals surface area contributed by atoms with Crippen LogP contribution in [0.4, 0.5) is 5.69 Å². The number of para-hydroxylation sites is 2. The van der Waals surface area contributed by atoms with Crippen molar-refractivity contribution in [1.29, 1.82) is 5.41 Å². The summed E-state index contributed by atoms with van der Waals surface area (Å²) in [5.41, 5.74) is 2.33. The summed E-state index contributed by atoms with van der Waals surface area (Å²) >= 11 is 0. The molecule has 0 fully saturated rings. The first-order chi connectivity index (χ1) is 13.9. The van der Waals surface area contributed by atoms with E-state index >= 15 is 0 Å². The molecule has 1 heterocycles. The van der Waals surface area contributed by atoms with Crippen molar-refractivity contribution >= 4 is 17.3 Å². The number of amides is 1. The number of phenolic OH excluding ortho intramolecular Hbond substituents is 1. The van der Waals surface area contributed by atoms with Crippen molar-refractivity contribution < 1.29 is 15.0 Å². The van der Waals surface area contributed by atoms with Gasteiger partial charge in [0.1, 0.15) is 12.0 Å². The Morgan fingerprint density at radius 1 is 1.24 bits per heavy atom. The zero-order valence-corrected chi connectivity index (χ0v) is 16.7. The van der Waals surface area contributed by atoms with E-state index in [1.54, 1.807) is 30.1 Å². The van der Waals surface area contributed by atoms with E-state index in [0.717, 1.165) is 11.3 Å². The predicted molar refractivity (Wildman–Crippen MR) is 114 cm³/mol. The molecule has 0 radical (unpaired) electrons. The highest BCUT2D eigenvalue weighted by molar-refractivity contribution is 6.09. The molecule has 0 aromatic heterocycles. The predicted octanol–water partition coefficient (Wildman–Crippen LogP) is 1.62. The van der Waals surface area contributed by atoms with E-state index in [9.17, 15) is 15.0 Å². The number of phenols is 1. The van der Waals surface area contributed by atoms with Gasteiger partial charge in [-0.25, -0.2) is 0 Å². The van der Waals surface area contributed by atoms with Crippen molar-refractivity contribution in [3.8, 4) is 5.75 Å². The van der Waals surface area contributed by atoms with Crippen molar-refractivity contribution in [3.63, 3.8) is 0 Å². The Labute approximate surface area is 170 Å². The van der Waals surface area contributed by atoms with Crippen LogP contribution in [0.1, 0.15) is 24.5 Å². The maximum atomic E-state index is 13.4. The molecule has 1 aliphatic rings. The SMILES string of the molecule is CNC(C)C(O)NC1CCc2ccccc2N(CC(=N)c2ccccc2O)C1=O. The zero-order valence-electron chi connectivity index (χ0n) is 16.7. The molecule has 2 aromatic carbocycles. The molecule has 1 aliphatic heterocycles. The molecule has 0 bridgehead atoms. The number of aryl methyl sites for hydroxylation is 1. The Morgan fingerprint density at radius 2 is 1.93 bits per heavy atom. The second-order valence-corrected chi connectivity index (χ2v) is 7.33. The Bertz CT molecular complexity index is 886. The van der Waals surface area contributed by atoms with Gasteiger partial charge in [-0.1, -0.05) is 30.3 Å². The summed E-state index contributed by atoms with van der Waals surface area (Å²) in [4.78, 5) is 15.0. The van der Waals surface area contributed by atoms with Gasteiger partial charge in [-0.2, -0.15) is 0 Å². The Morgan fingerprint density at radius 3 is 2.66 bits per heavy atom. The molecule has 1 amide bonds. The maximum absolute atomic E-state index is 13.4. The van der Waals surface area contributed by atoms with Crippen LogP contribution in [-0.4, -0.2) is 53.7 Å². The number of rotatable bonds is 7. The molecule has 2 aromatic rings. The fraction of sp³-hybridized carbons (Fsp3) is 0.364. The summed E-state index contributed by atoms with van der Waals surface area (Å²) in [6.45, 7) is 1.86. The number of likely N-dealkylation sites (N-methyl/N-ethyl adjacent to an activating group) is 1. The molecule has 3 atom stereocenters. The molecule has 3 rings (SSSR count). The first-order valence-electron chi connectivity index (χ1n) is 9.78. The molecule has 7 nitrogen and oxygen atoms in total. The highest BCUT2D eigenvalue weighted by Crippen LogP contribution is 2.28. The topological polar surface area (TPSA) is 109 Å². The van der Waals surface area contributed by atoms with Crippen molar-refractivity contribution in [2.75, 3.05) is 18.5 Å². The summed E-state index contributed by atoms with van der Waals surface area (Å²) in [7, 11) is 1.75. The third-order valence-corrected chi connectivity index (χ3v) is 5.40. The van der Waals surface area contributed by atoms with Gasteiger partial charge in [-0.05, 0) is 50.6 Å². The smallest absolute Gasteiger partial charge is 0.244 e. The largest absolute Gasteiger partial charge is 0.507 e. The zero-order chi connectivity index (χ0) is 21.0. The summed E-state index contributed by atoms with van der Waals surface area (Å²) in [6, 6.07) is 13.5. The summed E-state index contributed by atoms with van der Waals surface area (Å²) in [6.07, 6.45) is 0.347. The molecule has 0 saturated carbocycles. The first kappa shape index (κ1) is 21.0. The highest BCUT2D eigenvalue weighted by atomic mass is 16.3. The van der Waals surface area contributed by atoms with Crippen molar-refractivity contribution in [3.05, 3.63) is 59.7 Å². The molecule has 0 aliphatic carbocycles. The van der Waals surface area contributed by atoms with E-state index in [-0.39, 0.29) is 30.0 Å². The van der Waals surface area contributed by atoms with E-state index < -0.39 is 12.3 Å². The van der Waals surface area contributed by atoms with E-state index in [0.29, 0.717) is 18.4 Å². The van der Waals surface area contributed by atoms with Crippen LogP contribution in [0.2, 0.25) is 0 Å². The average Bonchev–Trinajstić information content (AvgIpc) is 2.85. The monoisotopic (exact) mass is 396 g/mol. The lowest BCUT2D eigenvalue weighted by Gasteiger charge is -2.29. The molecular formula is C22H28N4O3. The van der Waals surface area contributed by atoms with Gasteiger partial charge in [-0.15, -0.1) is 0 Å². The van der Waals surface area contributed by atoms with E-state index in [2.05, 4.69) is 10.6 Å². The number of hydrogen-bond acceptors (Lipinski definition) is 6. The highest BCUT2D eigenvalue weighted by Gasteiger charge is 2.32. The van der Waals surface area contributed by atoms with Crippen LogP contribution < -0.4 is 15.5 Å². The van der Waals surface area contributed by atoms with Gasteiger partial charge in [0.25, 0.3) is 0 Å². The normalized spacial score (nSPS) is 18.7. The van der Waals surface area contributed by atoms with Gasteiger partial charge in [0.05, 0.1) is 18.3 Å². The first-order valence-corrected chi connectivity index (χ1v) is 9.78. The van der Waals surface area contributed by atoms with Crippen LogP contribution >= 0.6 is 0 Å². The quantitative estimate of drug-likeness (QED) is 0.361. The molecule has 3 unspecified atom stereocenters. The minimum Gasteiger partial charge on any atom is -0.507 e. The molecule has 0 saturated heterocycles. The summed E-state index contributed by atoms with van der Waals surface area (Å²) in [5, 5.41) is 34.9. The fourth-order valence-corrected chi connectivity index (χ4v) is 3.51. The number of carbonyl (C=O) groups excluding carboxylic acids is 1. The van der Waals surface area contributed by atoms with Crippen LogP contribution in [0.15, 0.2) is 48.5 Å². The van der Waals surface area contributed by atoms with Gasteiger partial charge in [0, 0.05) is 17.3 Å². The number of aromatic hydroxyl groups is 1. The summed E-state index contributed by atoms with van der Waals surface area (Å²) in [5.74, 6) is -0.182. The minimum atomic E-state index is -0.880. The molecular weight excluding hydrogens is 368 g/mol. The van der Waals surface area contributed by atoms with Crippen LogP contribution in [-0.2, 0) is 11.2 Å². The molecule has 29 heavy (non-hydrogen) atoms. The molecule has 7 heteroatoms. The minimum absolute atomic E-state index is 0.0148. The molecule has 5 N–H and O–H groups in total. The Hall–Kier alpha value is -2.74. The Balaban J connectivity index is 1.89. The van der Waals surface area contributed by atoms with Crippen LogP contribution in [0.25, 0.3) is 0 Å². The van der Waals surface area contributed by atoms with Gasteiger partial charge < -0.3 is 25.8 Å². The van der Waals surface area contributed by atoms with Crippen LogP contribution in [0.5, 0.6) is 5.75 Å². The third-order valence-electron chi connectivity index (χ3n) is 5.40. The standard InChI is InChI=1S/C22H28N4O3/c1-14(24-2)21(28)25-18-12-11-15-7-3-5-9-19(15)26(22(18)29)13-17(23)16-8-4-6-10-20(16)27/h3-10,14,18,21,23-25,27-28H,11-13H2,1-2H3. The Kier molecular flexibility index (Phi) is 6.64. The van der Waals surface area contributed by atoms with E-state index in [4.69, 9.17) is 5.41 Å². The number of fused-ring (bicyclic) bond motifs is 1. The number of carbonyl (C=O) groups is 1. The van der Waals surface area contributed by atoms with Crippen LogP contribution in [0, 0.1) is 5.41 Å². The average molecular weight is 396 g/mol. The second kappa shape index (κ2) is 9.17. The molecule has 154 valence electrons. The number of benzene rings is 2. The van der Waals surface area contributed by atoms with Gasteiger partial charge in [-0.3, -0.25) is 10.1 Å². The van der Waals surface area contributed by atoms with Gasteiger partial charge >= 0.3 is 0 Å². The summed E-state index contributed by atoms with van der Waals surface area (Å²) < 4.78 is 0. The van der Waals surface area contributed by atoms with Gasteiger partial charge in [0.15, 0.2) is 0 Å². The number of aliphatic hydroxyl groups excluding tert-OH is 1. The maximum Gasteiger partial charge on any atom is 0.244 e. The number of aliphatic hydroxyl groups is 1. The number of hydrogen-bond donors (Lipinski definition) is 5. The number of nitrogens with one attached hydrogen (secondary N) is 3. The second-order valence-electron chi connectivity index (χ2n) is 7.33. The third kappa shape index (κ3) is 4.64. The lowest BCUT2D eigenvalue weighted by molar-refractivity contribution is -0.121. The molecule has 0 spiro atoms. The van der Waals surface area contributed by atoms with Crippen LogP contribution in [0.3, 0.4) is 0 Å². The van der Waals surface area contributed by atoms with Gasteiger partial charge in [0.2, 0.25) is 5.91 Å².